The fraction of sp³-hybridized carbons (Fsp3) is 0.357. The number of rotatable bonds is 3. The Bertz CT molecular complexity index is 428. The summed E-state index contributed by atoms with van der Waals surface area (Å²) in [6.07, 6.45) is 1.74. The van der Waals surface area contributed by atoms with Crippen molar-refractivity contribution in [1.82, 2.24) is 10.6 Å². The zero-order valence-electron chi connectivity index (χ0n) is 10.1. The van der Waals surface area contributed by atoms with Crippen LogP contribution in [-0.4, -0.2) is 18.5 Å². The summed E-state index contributed by atoms with van der Waals surface area (Å²) in [7, 11) is 0. The molecule has 1 aliphatic rings. The van der Waals surface area contributed by atoms with E-state index in [4.69, 9.17) is 0 Å². The van der Waals surface area contributed by atoms with Gasteiger partial charge in [-0.3, -0.25) is 4.79 Å². The minimum Gasteiger partial charge on any atom is -0.350 e. The molecule has 1 aromatic rings. The van der Waals surface area contributed by atoms with Crippen LogP contribution in [0.2, 0.25) is 0 Å². The van der Waals surface area contributed by atoms with Crippen LogP contribution in [0.15, 0.2) is 36.9 Å². The average Bonchev–Trinajstić information content (AvgIpc) is 2.37. The van der Waals surface area contributed by atoms with E-state index in [1.54, 1.807) is 6.08 Å². The topological polar surface area (TPSA) is 41.1 Å². The molecule has 1 aliphatic heterocycles. The summed E-state index contributed by atoms with van der Waals surface area (Å²) in [5, 5.41) is 6.22. The van der Waals surface area contributed by atoms with Crippen molar-refractivity contribution in [3.05, 3.63) is 48.0 Å². The van der Waals surface area contributed by atoms with E-state index in [-0.39, 0.29) is 17.9 Å². The molecule has 17 heavy (non-hydrogen) atoms. The molecule has 1 amide bonds. The number of carbonyl (C=O) groups is 1. The van der Waals surface area contributed by atoms with Gasteiger partial charge in [-0.15, -0.1) is 6.58 Å². The maximum Gasteiger partial charge on any atom is 0.229 e. The van der Waals surface area contributed by atoms with Gasteiger partial charge in [-0.25, -0.2) is 0 Å². The molecule has 2 rings (SSSR count). The highest BCUT2D eigenvalue weighted by Gasteiger charge is 2.26. The van der Waals surface area contributed by atoms with Crippen LogP contribution in [0.3, 0.4) is 0 Å². The van der Waals surface area contributed by atoms with E-state index in [9.17, 15) is 4.79 Å². The van der Waals surface area contributed by atoms with Gasteiger partial charge in [0.05, 0.1) is 5.92 Å². The Balaban J connectivity index is 2.18. The second-order valence-electron chi connectivity index (χ2n) is 4.42. The van der Waals surface area contributed by atoms with Crippen molar-refractivity contribution in [3.63, 3.8) is 0 Å². The molecule has 3 heteroatoms. The standard InChI is InChI=1S/C14H18N2O/c1-3-10(2)16-14(17)13-9-15-8-11-6-4-5-7-12(11)13/h3-7,10,13,15H,1,8-9H2,2H3,(H,16,17). The molecular formula is C14H18N2O. The van der Waals surface area contributed by atoms with Gasteiger partial charge in [-0.05, 0) is 18.1 Å². The normalized spacial score (nSPS) is 20.2. The molecule has 0 bridgehead atoms. The molecule has 0 aromatic heterocycles. The predicted octanol–water partition coefficient (Wildman–Crippen LogP) is 1.56. The van der Waals surface area contributed by atoms with Gasteiger partial charge in [-0.2, -0.15) is 0 Å². The van der Waals surface area contributed by atoms with Gasteiger partial charge in [0, 0.05) is 19.1 Å². The summed E-state index contributed by atoms with van der Waals surface area (Å²) in [6, 6.07) is 8.11. The summed E-state index contributed by atoms with van der Waals surface area (Å²) in [4.78, 5) is 12.1. The minimum atomic E-state index is -0.0950. The van der Waals surface area contributed by atoms with Gasteiger partial charge in [0.25, 0.3) is 0 Å². The first kappa shape index (κ1) is 11.9. The van der Waals surface area contributed by atoms with E-state index in [1.807, 2.05) is 25.1 Å². The van der Waals surface area contributed by atoms with Gasteiger partial charge >= 0.3 is 0 Å². The minimum absolute atomic E-state index is 0.0107. The molecule has 1 heterocycles. The van der Waals surface area contributed by atoms with Crippen LogP contribution in [0, 0.1) is 0 Å². The molecule has 2 unspecified atom stereocenters. The Kier molecular flexibility index (Phi) is 3.59. The molecular weight excluding hydrogens is 212 g/mol. The van der Waals surface area contributed by atoms with Crippen LogP contribution < -0.4 is 10.6 Å². The van der Waals surface area contributed by atoms with Crippen LogP contribution >= 0.6 is 0 Å². The highest BCUT2D eigenvalue weighted by atomic mass is 16.1. The molecule has 0 fully saturated rings. The molecule has 0 aliphatic carbocycles. The van der Waals surface area contributed by atoms with Crippen LogP contribution in [-0.2, 0) is 11.3 Å². The van der Waals surface area contributed by atoms with Crippen molar-refractivity contribution in [2.75, 3.05) is 6.54 Å². The van der Waals surface area contributed by atoms with E-state index in [0.717, 1.165) is 12.1 Å². The van der Waals surface area contributed by atoms with Crippen molar-refractivity contribution in [2.24, 2.45) is 0 Å². The van der Waals surface area contributed by atoms with Crippen LogP contribution in [0.1, 0.15) is 24.0 Å². The quantitative estimate of drug-likeness (QED) is 0.774. The van der Waals surface area contributed by atoms with E-state index in [0.29, 0.717) is 6.54 Å². The maximum absolute atomic E-state index is 12.1. The molecule has 2 N–H and O–H groups in total. The van der Waals surface area contributed by atoms with Crippen molar-refractivity contribution in [1.29, 1.82) is 0 Å². The number of fused-ring (bicyclic) bond motifs is 1. The summed E-state index contributed by atoms with van der Waals surface area (Å²) in [5.74, 6) is -0.0283. The highest BCUT2D eigenvalue weighted by molar-refractivity contribution is 5.85. The SMILES string of the molecule is C=CC(C)NC(=O)C1CNCc2ccccc21. The largest absolute Gasteiger partial charge is 0.350 e. The Labute approximate surface area is 102 Å². The molecule has 2 atom stereocenters. The molecule has 0 spiro atoms. The van der Waals surface area contributed by atoms with Crippen LogP contribution in [0.5, 0.6) is 0 Å². The fourth-order valence-electron chi connectivity index (χ4n) is 2.11. The van der Waals surface area contributed by atoms with E-state index in [2.05, 4.69) is 23.3 Å². The monoisotopic (exact) mass is 230 g/mol. The predicted molar refractivity (Wildman–Crippen MR) is 68.7 cm³/mol. The third-order valence-corrected chi connectivity index (χ3v) is 3.13. The first-order valence-corrected chi connectivity index (χ1v) is 5.94. The first-order chi connectivity index (χ1) is 8.22. The Morgan fingerprint density at radius 3 is 3.12 bits per heavy atom. The number of amides is 1. The lowest BCUT2D eigenvalue weighted by Crippen LogP contribution is -2.41. The summed E-state index contributed by atoms with van der Waals surface area (Å²) < 4.78 is 0. The number of hydrogen-bond acceptors (Lipinski definition) is 2. The van der Waals surface area contributed by atoms with Gasteiger partial charge in [0.15, 0.2) is 0 Å². The lowest BCUT2D eigenvalue weighted by molar-refractivity contribution is -0.122. The Morgan fingerprint density at radius 2 is 2.35 bits per heavy atom. The molecule has 0 saturated carbocycles. The lowest BCUT2D eigenvalue weighted by Gasteiger charge is -2.26. The Hall–Kier alpha value is -1.61. The van der Waals surface area contributed by atoms with Crippen molar-refractivity contribution >= 4 is 5.91 Å². The smallest absolute Gasteiger partial charge is 0.229 e. The number of benzene rings is 1. The van der Waals surface area contributed by atoms with Crippen molar-refractivity contribution in [3.8, 4) is 0 Å². The van der Waals surface area contributed by atoms with E-state index in [1.165, 1.54) is 5.56 Å². The molecule has 3 nitrogen and oxygen atoms in total. The Morgan fingerprint density at radius 1 is 1.59 bits per heavy atom. The zero-order valence-corrected chi connectivity index (χ0v) is 10.1. The zero-order chi connectivity index (χ0) is 12.3. The summed E-state index contributed by atoms with van der Waals surface area (Å²) >= 11 is 0. The highest BCUT2D eigenvalue weighted by Crippen LogP contribution is 2.23. The third kappa shape index (κ3) is 2.56. The van der Waals surface area contributed by atoms with Crippen LogP contribution in [0.25, 0.3) is 0 Å². The van der Waals surface area contributed by atoms with Gasteiger partial charge < -0.3 is 10.6 Å². The van der Waals surface area contributed by atoms with Gasteiger partial charge in [-0.1, -0.05) is 30.3 Å². The van der Waals surface area contributed by atoms with E-state index >= 15 is 0 Å². The van der Waals surface area contributed by atoms with Gasteiger partial charge in [0.1, 0.15) is 0 Å². The van der Waals surface area contributed by atoms with Crippen molar-refractivity contribution < 1.29 is 4.79 Å². The molecule has 90 valence electrons. The molecule has 1 aromatic carbocycles. The van der Waals surface area contributed by atoms with Gasteiger partial charge in [0.2, 0.25) is 5.91 Å². The van der Waals surface area contributed by atoms with E-state index < -0.39 is 0 Å². The molecule has 0 radical (unpaired) electrons. The number of nitrogens with one attached hydrogen (secondary N) is 2. The number of hydrogen-bond donors (Lipinski definition) is 2. The lowest BCUT2D eigenvalue weighted by atomic mass is 9.90. The second-order valence-corrected chi connectivity index (χ2v) is 4.42. The third-order valence-electron chi connectivity index (χ3n) is 3.13. The number of carbonyl (C=O) groups excluding carboxylic acids is 1. The molecule has 0 saturated heterocycles. The van der Waals surface area contributed by atoms with Crippen LogP contribution in [0.4, 0.5) is 0 Å². The summed E-state index contributed by atoms with van der Waals surface area (Å²) in [6.45, 7) is 7.14. The fourth-order valence-corrected chi connectivity index (χ4v) is 2.11. The second kappa shape index (κ2) is 5.15. The average molecular weight is 230 g/mol. The maximum atomic E-state index is 12.1. The summed E-state index contributed by atoms with van der Waals surface area (Å²) in [5.41, 5.74) is 2.35. The van der Waals surface area contributed by atoms with Crippen molar-refractivity contribution in [2.45, 2.75) is 25.4 Å². The first-order valence-electron chi connectivity index (χ1n) is 5.94.